The van der Waals surface area contributed by atoms with Crippen LogP contribution in [0.25, 0.3) is 0 Å². The van der Waals surface area contributed by atoms with Crippen molar-refractivity contribution in [2.24, 2.45) is 0 Å². The van der Waals surface area contributed by atoms with Crippen molar-refractivity contribution < 1.29 is 31.5 Å². The molecule has 0 saturated carbocycles. The predicted octanol–water partition coefficient (Wildman–Crippen LogP) is 1.23. The van der Waals surface area contributed by atoms with Gasteiger partial charge in [0, 0.05) is 32.3 Å². The summed E-state index contributed by atoms with van der Waals surface area (Å²) in [6, 6.07) is 1.66. The number of likely N-dealkylation sites (tertiary alicyclic amines) is 1. The number of nitrogens with one attached hydrogen (secondary N) is 2. The number of rotatable bonds is 11. The number of nitrogens with zero attached hydrogens (tertiary/aromatic N) is 8. The van der Waals surface area contributed by atoms with Gasteiger partial charge in [0.15, 0.2) is 11.5 Å². The van der Waals surface area contributed by atoms with E-state index in [0.29, 0.717) is 0 Å². The first-order valence-corrected chi connectivity index (χ1v) is 11.5. The molecule has 3 aromatic rings. The van der Waals surface area contributed by atoms with E-state index in [1.165, 1.54) is 21.8 Å². The third-order valence-corrected chi connectivity index (χ3v) is 5.49. The van der Waals surface area contributed by atoms with Gasteiger partial charge in [-0.15, -0.1) is 10.2 Å². The lowest BCUT2D eigenvalue weighted by atomic mass is 10.2. The summed E-state index contributed by atoms with van der Waals surface area (Å²) in [5, 5.41) is 19.9. The minimum Gasteiger partial charge on any atom is -0.345 e. The summed E-state index contributed by atoms with van der Waals surface area (Å²) in [6.45, 7) is 0.126. The van der Waals surface area contributed by atoms with Crippen molar-refractivity contribution in [1.29, 1.82) is 0 Å². The van der Waals surface area contributed by atoms with Gasteiger partial charge in [-0.25, -0.2) is 13.5 Å². The number of aromatic nitrogens is 7. The maximum absolute atomic E-state index is 14.5. The highest BCUT2D eigenvalue weighted by Crippen LogP contribution is 2.28. The number of hydrogen-bond donors (Lipinski definition) is 2. The number of hydrogen-bond acceptors (Lipinski definition) is 8. The normalized spacial score (nSPS) is 15.2. The Balaban J connectivity index is 1.19. The van der Waals surface area contributed by atoms with Gasteiger partial charge < -0.3 is 10.6 Å². The zero-order chi connectivity index (χ0) is 27.3. The van der Waals surface area contributed by atoms with Crippen LogP contribution in [0.4, 0.5) is 27.8 Å². The molecule has 1 fully saturated rings. The third kappa shape index (κ3) is 7.50. The highest BCUT2D eigenvalue weighted by atomic mass is 19.4. The molecule has 4 heterocycles. The first kappa shape index (κ1) is 27.0. The number of alkyl halides is 5. The second-order valence-electron chi connectivity index (χ2n) is 8.63. The van der Waals surface area contributed by atoms with Gasteiger partial charge in [0.1, 0.15) is 12.3 Å². The molecule has 2 N–H and O–H groups in total. The number of pyridine rings is 1. The second kappa shape index (κ2) is 11.6. The van der Waals surface area contributed by atoms with Crippen molar-refractivity contribution in [3.8, 4) is 0 Å². The molecule has 2 amide bonds. The molecule has 1 atom stereocenters. The molecule has 0 radical (unpaired) electrons. The fraction of sp³-hybridized carbons (Fsp3) is 0.476. The van der Waals surface area contributed by atoms with Crippen molar-refractivity contribution >= 4 is 17.6 Å². The molecule has 1 aliphatic heterocycles. The fourth-order valence-electron chi connectivity index (χ4n) is 3.56. The van der Waals surface area contributed by atoms with Crippen LogP contribution in [0, 0.1) is 0 Å². The minimum absolute atomic E-state index is 0.000512. The summed E-state index contributed by atoms with van der Waals surface area (Å²) >= 11 is 0. The molecule has 4 rings (SSSR count). The topological polar surface area (TPSA) is 136 Å². The van der Waals surface area contributed by atoms with Crippen LogP contribution in [-0.2, 0) is 30.6 Å². The van der Waals surface area contributed by atoms with Crippen LogP contribution in [-0.4, -0.2) is 83.7 Å². The molecule has 3 aromatic heterocycles. The van der Waals surface area contributed by atoms with Crippen LogP contribution < -0.4 is 10.6 Å². The van der Waals surface area contributed by atoms with Crippen molar-refractivity contribution in [3.63, 3.8) is 0 Å². The molecular formula is C21H23F5N10O2. The number of carbonyl (C=O) groups excluding carboxylic acids is 2. The maximum atomic E-state index is 14.5. The Bertz CT molecular complexity index is 1260. The molecule has 1 unspecified atom stereocenters. The Morgan fingerprint density at radius 2 is 1.89 bits per heavy atom. The van der Waals surface area contributed by atoms with E-state index in [2.05, 4.69) is 36.2 Å². The second-order valence-corrected chi connectivity index (χ2v) is 8.63. The van der Waals surface area contributed by atoms with Crippen molar-refractivity contribution in [2.75, 3.05) is 25.0 Å². The van der Waals surface area contributed by atoms with Crippen molar-refractivity contribution in [3.05, 3.63) is 47.7 Å². The van der Waals surface area contributed by atoms with Crippen LogP contribution in [0.15, 0.2) is 30.7 Å². The summed E-state index contributed by atoms with van der Waals surface area (Å²) < 4.78 is 68.1. The molecule has 1 aliphatic rings. The molecule has 0 aromatic carbocycles. The monoisotopic (exact) mass is 542 g/mol. The molecule has 12 nitrogen and oxygen atoms in total. The lowest BCUT2D eigenvalue weighted by Crippen LogP contribution is -2.51. The number of anilines is 1. The molecule has 204 valence electrons. The molecule has 1 saturated heterocycles. The fourth-order valence-corrected chi connectivity index (χ4v) is 3.56. The minimum atomic E-state index is -4.53. The standard InChI is InChI=1S/C21H23F5N10O2/c22-14(9-36-11-18(31-33-36)29-19(37)12-34-7-15(23)8-34)2-4-35-10-17(30-32-35)20(38)28-6-16-5-13(1-3-27-16)21(24,25)26/h1,3,5,10-11,14-15H,2,4,6-9,12H2,(H,28,38)(H,29,37). The summed E-state index contributed by atoms with van der Waals surface area (Å²) in [5.41, 5.74) is -0.956. The van der Waals surface area contributed by atoms with Gasteiger partial charge in [-0.2, -0.15) is 13.2 Å². The number of amides is 2. The number of aryl methyl sites for hydroxylation is 1. The smallest absolute Gasteiger partial charge is 0.345 e. The average molecular weight is 542 g/mol. The zero-order valence-corrected chi connectivity index (χ0v) is 19.8. The summed E-state index contributed by atoms with van der Waals surface area (Å²) in [7, 11) is 0. The van der Waals surface area contributed by atoms with E-state index >= 15 is 0 Å². The predicted molar refractivity (Wildman–Crippen MR) is 120 cm³/mol. The highest BCUT2D eigenvalue weighted by molar-refractivity contribution is 5.92. The molecular weight excluding hydrogens is 519 g/mol. The molecule has 0 bridgehead atoms. The lowest BCUT2D eigenvalue weighted by Gasteiger charge is -2.33. The molecule has 38 heavy (non-hydrogen) atoms. The maximum Gasteiger partial charge on any atom is 0.416 e. The van der Waals surface area contributed by atoms with Crippen LogP contribution in [0.2, 0.25) is 0 Å². The largest absolute Gasteiger partial charge is 0.416 e. The van der Waals surface area contributed by atoms with E-state index < -0.39 is 30.0 Å². The molecule has 0 spiro atoms. The Hall–Kier alpha value is -4.02. The Morgan fingerprint density at radius 1 is 1.13 bits per heavy atom. The van der Waals surface area contributed by atoms with Crippen molar-refractivity contribution in [2.45, 2.75) is 44.6 Å². The first-order valence-electron chi connectivity index (χ1n) is 11.5. The van der Waals surface area contributed by atoms with Gasteiger partial charge in [-0.1, -0.05) is 10.4 Å². The van der Waals surface area contributed by atoms with Gasteiger partial charge in [-0.3, -0.25) is 24.2 Å². The van der Waals surface area contributed by atoms with Gasteiger partial charge >= 0.3 is 6.18 Å². The first-order chi connectivity index (χ1) is 18.0. The number of carbonyl (C=O) groups is 2. The van der Waals surface area contributed by atoms with Crippen LogP contribution in [0.5, 0.6) is 0 Å². The van der Waals surface area contributed by atoms with E-state index in [4.69, 9.17) is 0 Å². The Labute approximate surface area is 212 Å². The highest BCUT2D eigenvalue weighted by Gasteiger charge is 2.31. The van der Waals surface area contributed by atoms with Gasteiger partial charge in [-0.05, 0) is 12.1 Å². The van der Waals surface area contributed by atoms with E-state index in [9.17, 15) is 31.5 Å². The third-order valence-electron chi connectivity index (χ3n) is 5.49. The number of halogens is 5. The summed E-state index contributed by atoms with van der Waals surface area (Å²) in [5.74, 6) is -0.910. The van der Waals surface area contributed by atoms with Gasteiger partial charge in [0.2, 0.25) is 5.91 Å². The average Bonchev–Trinajstić information content (AvgIpc) is 3.49. The van der Waals surface area contributed by atoms with E-state index in [0.717, 1.165) is 18.3 Å². The molecule has 17 heteroatoms. The zero-order valence-electron chi connectivity index (χ0n) is 19.8. The van der Waals surface area contributed by atoms with Crippen molar-refractivity contribution in [1.82, 2.24) is 45.2 Å². The Morgan fingerprint density at radius 3 is 2.63 bits per heavy atom. The lowest BCUT2D eigenvalue weighted by molar-refractivity contribution is -0.137. The molecule has 0 aliphatic carbocycles. The quantitative estimate of drug-likeness (QED) is 0.346. The van der Waals surface area contributed by atoms with Gasteiger partial charge in [0.05, 0.1) is 43.3 Å². The summed E-state index contributed by atoms with van der Waals surface area (Å²) in [6.07, 6.45) is -3.15. The van der Waals surface area contributed by atoms with Crippen LogP contribution >= 0.6 is 0 Å². The summed E-state index contributed by atoms with van der Waals surface area (Å²) in [4.78, 5) is 29.6. The van der Waals surface area contributed by atoms with Gasteiger partial charge in [0.25, 0.3) is 5.91 Å². The Kier molecular flexibility index (Phi) is 8.23. The SMILES string of the molecule is O=C(CN1CC(F)C1)Nc1cn(CC(F)CCn2cc(C(=O)NCc3cc(C(F)(F)F)ccn3)nn2)nn1. The van der Waals surface area contributed by atoms with E-state index in [1.54, 1.807) is 4.90 Å². The van der Waals surface area contributed by atoms with Crippen LogP contribution in [0.1, 0.15) is 28.2 Å². The van der Waals surface area contributed by atoms with E-state index in [-0.39, 0.29) is 68.8 Å². The van der Waals surface area contributed by atoms with Crippen LogP contribution in [0.3, 0.4) is 0 Å². The van der Waals surface area contributed by atoms with E-state index in [1.807, 2.05) is 0 Å².